The maximum absolute atomic E-state index is 12.5. The molecular formula is C15H17BrN2O2S. The molecule has 0 amide bonds. The number of nitrogens with one attached hydrogen (secondary N) is 1. The van der Waals surface area contributed by atoms with Crippen LogP contribution in [0.1, 0.15) is 25.3 Å². The van der Waals surface area contributed by atoms with Crippen molar-refractivity contribution >= 4 is 37.3 Å². The molecule has 0 unspecified atom stereocenters. The minimum atomic E-state index is -3.67. The summed E-state index contributed by atoms with van der Waals surface area (Å²) in [6.07, 6.45) is 0. The fourth-order valence-electron chi connectivity index (χ4n) is 2.03. The average molecular weight is 369 g/mol. The van der Waals surface area contributed by atoms with Crippen LogP contribution in [0.5, 0.6) is 0 Å². The van der Waals surface area contributed by atoms with Gasteiger partial charge in [-0.15, -0.1) is 0 Å². The zero-order chi connectivity index (χ0) is 15.6. The summed E-state index contributed by atoms with van der Waals surface area (Å²) in [4.78, 5) is 0.162. The number of para-hydroxylation sites is 1. The van der Waals surface area contributed by atoms with E-state index >= 15 is 0 Å². The highest BCUT2D eigenvalue weighted by atomic mass is 79.9. The molecule has 0 aliphatic carbocycles. The topological polar surface area (TPSA) is 72.2 Å². The number of rotatable bonds is 4. The Balaban J connectivity index is 2.43. The first-order chi connectivity index (χ1) is 9.81. The van der Waals surface area contributed by atoms with Crippen LogP contribution in [0.15, 0.2) is 51.8 Å². The molecule has 0 spiro atoms. The van der Waals surface area contributed by atoms with Crippen molar-refractivity contribution < 1.29 is 8.42 Å². The molecule has 0 aliphatic rings. The number of hydrogen-bond donors (Lipinski definition) is 2. The third kappa shape index (κ3) is 3.57. The third-order valence-electron chi connectivity index (χ3n) is 3.07. The molecule has 2 aromatic carbocycles. The molecule has 0 aliphatic heterocycles. The number of sulfonamides is 1. The Bertz CT molecular complexity index is 758. The molecule has 0 heterocycles. The zero-order valence-corrected chi connectivity index (χ0v) is 14.2. The van der Waals surface area contributed by atoms with E-state index in [1.54, 1.807) is 18.2 Å². The van der Waals surface area contributed by atoms with Gasteiger partial charge in [0.05, 0.1) is 5.69 Å². The van der Waals surface area contributed by atoms with Gasteiger partial charge >= 0.3 is 0 Å². The molecule has 2 rings (SSSR count). The van der Waals surface area contributed by atoms with Gasteiger partial charge < -0.3 is 5.73 Å². The minimum Gasteiger partial charge on any atom is -0.399 e. The van der Waals surface area contributed by atoms with Gasteiger partial charge in [0, 0.05) is 10.2 Å². The molecule has 2 aromatic rings. The maximum atomic E-state index is 12.5. The fraction of sp³-hybridized carbons (Fsp3) is 0.200. The molecule has 0 saturated heterocycles. The van der Waals surface area contributed by atoms with Gasteiger partial charge in [0.25, 0.3) is 10.0 Å². The number of hydrogen-bond acceptors (Lipinski definition) is 3. The van der Waals surface area contributed by atoms with Crippen LogP contribution in [0.3, 0.4) is 0 Å². The predicted octanol–water partition coefficient (Wildman–Crippen LogP) is 3.96. The predicted molar refractivity (Wildman–Crippen MR) is 89.9 cm³/mol. The normalized spacial score (nSPS) is 11.6. The van der Waals surface area contributed by atoms with E-state index in [1.807, 2.05) is 32.0 Å². The van der Waals surface area contributed by atoms with E-state index in [2.05, 4.69) is 20.7 Å². The van der Waals surface area contributed by atoms with Crippen molar-refractivity contribution in [2.75, 3.05) is 10.5 Å². The first-order valence-electron chi connectivity index (χ1n) is 6.48. The van der Waals surface area contributed by atoms with Crippen LogP contribution in [-0.2, 0) is 10.0 Å². The Hall–Kier alpha value is -1.53. The van der Waals surface area contributed by atoms with Crippen LogP contribution in [0.4, 0.5) is 11.4 Å². The largest absolute Gasteiger partial charge is 0.399 e. The second-order valence-electron chi connectivity index (χ2n) is 5.04. The first kappa shape index (κ1) is 15.9. The van der Waals surface area contributed by atoms with Crippen molar-refractivity contribution in [3.8, 4) is 0 Å². The van der Waals surface area contributed by atoms with Gasteiger partial charge in [-0.1, -0.05) is 32.0 Å². The smallest absolute Gasteiger partial charge is 0.263 e. The molecule has 0 radical (unpaired) electrons. The van der Waals surface area contributed by atoms with Gasteiger partial charge in [0.2, 0.25) is 0 Å². The molecule has 3 N–H and O–H groups in total. The Kier molecular flexibility index (Phi) is 4.58. The zero-order valence-electron chi connectivity index (χ0n) is 11.8. The van der Waals surface area contributed by atoms with Crippen molar-refractivity contribution in [2.24, 2.45) is 0 Å². The average Bonchev–Trinajstić information content (AvgIpc) is 2.37. The Labute approximate surface area is 133 Å². The molecule has 21 heavy (non-hydrogen) atoms. The quantitative estimate of drug-likeness (QED) is 0.802. The molecule has 0 atom stereocenters. The Morgan fingerprint density at radius 3 is 2.43 bits per heavy atom. The van der Waals surface area contributed by atoms with E-state index in [1.165, 1.54) is 6.07 Å². The van der Waals surface area contributed by atoms with Gasteiger partial charge in [-0.2, -0.15) is 0 Å². The summed E-state index contributed by atoms with van der Waals surface area (Å²) in [7, 11) is -3.67. The monoisotopic (exact) mass is 368 g/mol. The summed E-state index contributed by atoms with van der Waals surface area (Å²) in [5.74, 6) is 0.221. The second-order valence-corrected chi connectivity index (χ2v) is 7.54. The van der Waals surface area contributed by atoms with Gasteiger partial charge in [0.1, 0.15) is 4.90 Å². The van der Waals surface area contributed by atoms with Crippen LogP contribution in [0.25, 0.3) is 0 Å². The summed E-state index contributed by atoms with van der Waals surface area (Å²) >= 11 is 3.24. The minimum absolute atomic E-state index is 0.162. The van der Waals surface area contributed by atoms with E-state index in [0.29, 0.717) is 15.8 Å². The third-order valence-corrected chi connectivity index (χ3v) is 5.41. The summed E-state index contributed by atoms with van der Waals surface area (Å²) in [5.41, 5.74) is 7.69. The molecule has 0 aromatic heterocycles. The van der Waals surface area contributed by atoms with E-state index in [4.69, 9.17) is 5.73 Å². The molecule has 4 nitrogen and oxygen atoms in total. The highest BCUT2D eigenvalue weighted by molar-refractivity contribution is 9.10. The summed E-state index contributed by atoms with van der Waals surface area (Å²) in [6.45, 7) is 4.04. The fourth-order valence-corrected chi connectivity index (χ4v) is 4.21. The standard InChI is InChI=1S/C15H17BrN2O2S/c1-10(2)12-5-3-4-6-14(12)18-21(19,20)15-8-7-11(17)9-13(15)16/h3-10,18H,17H2,1-2H3. The number of benzene rings is 2. The molecule has 6 heteroatoms. The van der Waals surface area contributed by atoms with Crippen LogP contribution in [0, 0.1) is 0 Å². The number of nitrogens with two attached hydrogens (primary N) is 1. The van der Waals surface area contributed by atoms with E-state index in [0.717, 1.165) is 5.56 Å². The highest BCUT2D eigenvalue weighted by Gasteiger charge is 2.19. The highest BCUT2D eigenvalue weighted by Crippen LogP contribution is 2.29. The molecule has 0 saturated carbocycles. The van der Waals surface area contributed by atoms with Crippen molar-refractivity contribution in [3.63, 3.8) is 0 Å². The SMILES string of the molecule is CC(C)c1ccccc1NS(=O)(=O)c1ccc(N)cc1Br. The summed E-state index contributed by atoms with van der Waals surface area (Å²) in [6, 6.07) is 12.0. The number of nitrogen functional groups attached to an aromatic ring is 1. The van der Waals surface area contributed by atoms with Crippen molar-refractivity contribution in [1.29, 1.82) is 0 Å². The van der Waals surface area contributed by atoms with Gasteiger partial charge in [-0.05, 0) is 51.7 Å². The van der Waals surface area contributed by atoms with Gasteiger partial charge in [0.15, 0.2) is 0 Å². The maximum Gasteiger partial charge on any atom is 0.263 e. The number of anilines is 2. The van der Waals surface area contributed by atoms with Gasteiger partial charge in [-0.3, -0.25) is 4.72 Å². The van der Waals surface area contributed by atoms with Crippen molar-refractivity contribution in [1.82, 2.24) is 0 Å². The molecular weight excluding hydrogens is 352 g/mol. The second kappa shape index (κ2) is 6.07. The van der Waals surface area contributed by atoms with Gasteiger partial charge in [-0.25, -0.2) is 8.42 Å². The van der Waals surface area contributed by atoms with Crippen LogP contribution in [0.2, 0.25) is 0 Å². The molecule has 112 valence electrons. The lowest BCUT2D eigenvalue weighted by Gasteiger charge is -2.15. The van der Waals surface area contributed by atoms with E-state index < -0.39 is 10.0 Å². The number of halogens is 1. The van der Waals surface area contributed by atoms with Crippen LogP contribution in [-0.4, -0.2) is 8.42 Å². The lowest BCUT2D eigenvalue weighted by Crippen LogP contribution is -2.15. The Morgan fingerprint density at radius 1 is 1.14 bits per heavy atom. The van der Waals surface area contributed by atoms with Crippen molar-refractivity contribution in [2.45, 2.75) is 24.7 Å². The lowest BCUT2D eigenvalue weighted by atomic mass is 10.0. The molecule has 0 bridgehead atoms. The summed E-state index contributed by atoms with van der Waals surface area (Å²) in [5, 5.41) is 0. The van der Waals surface area contributed by atoms with Crippen LogP contribution >= 0.6 is 15.9 Å². The lowest BCUT2D eigenvalue weighted by molar-refractivity contribution is 0.600. The van der Waals surface area contributed by atoms with E-state index in [9.17, 15) is 8.42 Å². The summed E-state index contributed by atoms with van der Waals surface area (Å²) < 4.78 is 28.1. The molecule has 0 fully saturated rings. The van der Waals surface area contributed by atoms with Crippen LogP contribution < -0.4 is 10.5 Å². The Morgan fingerprint density at radius 2 is 1.81 bits per heavy atom. The van der Waals surface area contributed by atoms with E-state index in [-0.39, 0.29) is 10.8 Å². The first-order valence-corrected chi connectivity index (χ1v) is 8.75. The van der Waals surface area contributed by atoms with Crippen molar-refractivity contribution in [3.05, 3.63) is 52.5 Å².